The lowest BCUT2D eigenvalue weighted by Crippen LogP contribution is -2.34. The Balaban J connectivity index is 2.49. The van der Waals surface area contributed by atoms with Gasteiger partial charge in [0.15, 0.2) is 5.57 Å². The van der Waals surface area contributed by atoms with Crippen LogP contribution in [0.5, 0.6) is 0 Å². The van der Waals surface area contributed by atoms with Crippen LogP contribution in [0.2, 0.25) is 0 Å². The summed E-state index contributed by atoms with van der Waals surface area (Å²) in [6.07, 6.45) is 3.18. The van der Waals surface area contributed by atoms with Crippen LogP contribution in [0.25, 0.3) is 11.8 Å². The second kappa shape index (κ2) is 9.90. The molecule has 0 spiro atoms. The summed E-state index contributed by atoms with van der Waals surface area (Å²) >= 11 is 1.04. The molecule has 10 heteroatoms. The Morgan fingerprint density at radius 2 is 2.18 bits per heavy atom. The lowest BCUT2D eigenvalue weighted by molar-refractivity contribution is -0.115. The van der Waals surface area contributed by atoms with E-state index in [0.717, 1.165) is 23.6 Å². The number of hydrogen-bond donors (Lipinski definition) is 3. The Morgan fingerprint density at radius 1 is 1.39 bits per heavy atom. The van der Waals surface area contributed by atoms with Crippen molar-refractivity contribution in [3.05, 3.63) is 37.9 Å². The van der Waals surface area contributed by atoms with Gasteiger partial charge in [-0.15, -0.1) is 11.3 Å². The van der Waals surface area contributed by atoms with Crippen molar-refractivity contribution in [2.24, 2.45) is 0 Å². The van der Waals surface area contributed by atoms with E-state index < -0.39 is 5.91 Å². The fourth-order valence-electron chi connectivity index (χ4n) is 2.34. The van der Waals surface area contributed by atoms with Crippen LogP contribution in [-0.4, -0.2) is 28.5 Å². The van der Waals surface area contributed by atoms with Crippen LogP contribution in [-0.2, 0) is 11.3 Å². The number of pyridine rings is 1. The summed E-state index contributed by atoms with van der Waals surface area (Å²) in [5, 5.41) is 26.4. The van der Waals surface area contributed by atoms with Gasteiger partial charge in [0, 0.05) is 37.2 Å². The average Bonchev–Trinajstić information content (AvgIpc) is 3.01. The van der Waals surface area contributed by atoms with Gasteiger partial charge >= 0.3 is 0 Å². The van der Waals surface area contributed by atoms with E-state index in [0.29, 0.717) is 16.9 Å². The van der Waals surface area contributed by atoms with Gasteiger partial charge in [0.1, 0.15) is 27.6 Å². The molecular weight excluding hydrogens is 378 g/mol. The Bertz CT molecular complexity index is 1120. The SMILES string of the molecule is CCNc1cc(N/C=c2/s/c(=C(/C#N)C(=O)NCC#N)n(CC)c2=O)ccn1. The molecule has 0 saturated heterocycles. The first-order chi connectivity index (χ1) is 13.5. The van der Waals surface area contributed by atoms with Crippen LogP contribution in [0.15, 0.2) is 23.1 Å². The number of aromatic nitrogens is 2. The van der Waals surface area contributed by atoms with Crippen molar-refractivity contribution in [3.63, 3.8) is 0 Å². The summed E-state index contributed by atoms with van der Waals surface area (Å²) in [5.41, 5.74) is 0.230. The Morgan fingerprint density at radius 3 is 2.82 bits per heavy atom. The highest BCUT2D eigenvalue weighted by atomic mass is 32.1. The number of hydrogen-bond acceptors (Lipinski definition) is 8. The Labute approximate surface area is 165 Å². The normalized spacial score (nSPS) is 11.9. The number of amides is 1. The molecule has 0 saturated carbocycles. The van der Waals surface area contributed by atoms with E-state index in [-0.39, 0.29) is 22.3 Å². The third-order valence-corrected chi connectivity index (χ3v) is 4.72. The van der Waals surface area contributed by atoms with Crippen molar-refractivity contribution in [2.45, 2.75) is 20.4 Å². The van der Waals surface area contributed by atoms with E-state index >= 15 is 0 Å². The zero-order chi connectivity index (χ0) is 20.5. The van der Waals surface area contributed by atoms with Crippen molar-refractivity contribution in [3.8, 4) is 12.1 Å². The summed E-state index contributed by atoms with van der Waals surface area (Å²) in [4.78, 5) is 28.9. The van der Waals surface area contributed by atoms with E-state index in [1.54, 1.807) is 31.3 Å². The molecule has 0 atom stereocenters. The number of carbonyl (C=O) groups is 1. The number of nitrogens with one attached hydrogen (secondary N) is 3. The van der Waals surface area contributed by atoms with Crippen LogP contribution in [0.3, 0.4) is 0 Å². The van der Waals surface area contributed by atoms with E-state index in [2.05, 4.69) is 20.9 Å². The molecule has 0 bridgehead atoms. The molecule has 28 heavy (non-hydrogen) atoms. The van der Waals surface area contributed by atoms with Gasteiger partial charge in [0.2, 0.25) is 0 Å². The van der Waals surface area contributed by atoms with Crippen LogP contribution in [0, 0.1) is 22.7 Å². The van der Waals surface area contributed by atoms with E-state index in [1.807, 2.05) is 13.0 Å². The highest BCUT2D eigenvalue weighted by molar-refractivity contribution is 7.07. The lowest BCUT2D eigenvalue weighted by atomic mass is 10.3. The van der Waals surface area contributed by atoms with Crippen molar-refractivity contribution in [1.29, 1.82) is 10.5 Å². The number of anilines is 2. The Kier molecular flexibility index (Phi) is 7.31. The standard InChI is InChI=1S/C18H19N7O2S/c1-3-21-15-9-12(5-7-22-15)24-11-14-17(27)25(4-2)18(28-14)13(10-20)16(26)23-8-6-19/h5,7,9,11H,3-4,8H2,1-2H3,(H,23,26)(H2,21,22,24)/b14-11+,18-13-. The van der Waals surface area contributed by atoms with Gasteiger partial charge in [-0.25, -0.2) is 4.98 Å². The highest BCUT2D eigenvalue weighted by Crippen LogP contribution is 2.11. The van der Waals surface area contributed by atoms with Gasteiger partial charge in [0.25, 0.3) is 11.5 Å². The van der Waals surface area contributed by atoms with Crippen molar-refractivity contribution in [1.82, 2.24) is 14.9 Å². The molecule has 3 N–H and O–H groups in total. The van der Waals surface area contributed by atoms with Crippen LogP contribution in [0.1, 0.15) is 13.8 Å². The fraction of sp³-hybridized carbons (Fsp3) is 0.278. The molecule has 144 valence electrons. The molecule has 0 unspecified atom stereocenters. The van der Waals surface area contributed by atoms with Crippen LogP contribution in [0.4, 0.5) is 11.5 Å². The number of thiazole rings is 1. The smallest absolute Gasteiger partial charge is 0.270 e. The summed E-state index contributed by atoms with van der Waals surface area (Å²) < 4.78 is 1.96. The molecule has 0 aromatic carbocycles. The minimum atomic E-state index is -0.684. The van der Waals surface area contributed by atoms with Gasteiger partial charge in [-0.2, -0.15) is 10.5 Å². The average molecular weight is 397 g/mol. The Hall–Kier alpha value is -3.63. The minimum absolute atomic E-state index is 0.197. The maximum Gasteiger partial charge on any atom is 0.270 e. The topological polar surface area (TPSA) is 136 Å². The summed E-state index contributed by atoms with van der Waals surface area (Å²) in [5.74, 6) is 0.0180. The second-order valence-electron chi connectivity index (χ2n) is 5.40. The first-order valence-electron chi connectivity index (χ1n) is 8.51. The zero-order valence-electron chi connectivity index (χ0n) is 15.4. The quantitative estimate of drug-likeness (QED) is 0.556. The summed E-state index contributed by atoms with van der Waals surface area (Å²) in [6, 6.07) is 7.17. The number of carbonyl (C=O) groups excluding carboxylic acids is 1. The zero-order valence-corrected chi connectivity index (χ0v) is 16.3. The van der Waals surface area contributed by atoms with E-state index in [1.165, 1.54) is 10.8 Å². The molecule has 0 fully saturated rings. The maximum atomic E-state index is 12.6. The fourth-order valence-corrected chi connectivity index (χ4v) is 3.43. The summed E-state index contributed by atoms with van der Waals surface area (Å²) in [6.45, 7) is 4.53. The number of nitrogens with zero attached hydrogens (tertiary/aromatic N) is 4. The predicted molar refractivity (Wildman–Crippen MR) is 108 cm³/mol. The second-order valence-corrected chi connectivity index (χ2v) is 6.43. The molecule has 0 aliphatic carbocycles. The number of nitriles is 2. The molecule has 0 radical (unpaired) electrons. The molecule has 2 aromatic heterocycles. The maximum absolute atomic E-state index is 12.6. The molecule has 2 heterocycles. The van der Waals surface area contributed by atoms with Gasteiger partial charge in [-0.1, -0.05) is 0 Å². The summed E-state index contributed by atoms with van der Waals surface area (Å²) in [7, 11) is 0. The molecule has 1 amide bonds. The lowest BCUT2D eigenvalue weighted by Gasteiger charge is -2.04. The van der Waals surface area contributed by atoms with E-state index in [4.69, 9.17) is 5.26 Å². The molecular formula is C18H19N7O2S. The largest absolute Gasteiger partial charge is 0.370 e. The first kappa shape index (κ1) is 20.7. The molecule has 2 aromatic rings. The van der Waals surface area contributed by atoms with Crippen LogP contribution >= 0.6 is 11.3 Å². The van der Waals surface area contributed by atoms with Crippen molar-refractivity contribution >= 4 is 40.5 Å². The van der Waals surface area contributed by atoms with Gasteiger partial charge in [-0.05, 0) is 19.9 Å². The van der Waals surface area contributed by atoms with Gasteiger partial charge in [-0.3, -0.25) is 14.2 Å². The predicted octanol–water partition coefficient (Wildman–Crippen LogP) is -0.0793. The first-order valence-corrected chi connectivity index (χ1v) is 9.33. The van der Waals surface area contributed by atoms with Crippen LogP contribution < -0.4 is 30.7 Å². The molecule has 9 nitrogen and oxygen atoms in total. The van der Waals surface area contributed by atoms with Crippen molar-refractivity contribution in [2.75, 3.05) is 23.7 Å². The van der Waals surface area contributed by atoms with E-state index in [9.17, 15) is 14.9 Å². The molecule has 2 rings (SSSR count). The van der Waals surface area contributed by atoms with Gasteiger partial charge in [0.05, 0.1) is 6.07 Å². The number of rotatable bonds is 7. The highest BCUT2D eigenvalue weighted by Gasteiger charge is 2.14. The minimum Gasteiger partial charge on any atom is -0.370 e. The van der Waals surface area contributed by atoms with Gasteiger partial charge < -0.3 is 16.0 Å². The third kappa shape index (κ3) is 4.75. The molecule has 0 aliphatic heterocycles. The monoisotopic (exact) mass is 397 g/mol. The third-order valence-electron chi connectivity index (χ3n) is 3.59. The van der Waals surface area contributed by atoms with Crippen molar-refractivity contribution < 1.29 is 4.79 Å². The molecule has 0 aliphatic rings.